The van der Waals surface area contributed by atoms with Crippen molar-refractivity contribution in [3.8, 4) is 11.8 Å². The Morgan fingerprint density at radius 3 is 2.92 bits per heavy atom. The first-order valence-electron chi connectivity index (χ1n) is 7.53. The van der Waals surface area contributed by atoms with Crippen LogP contribution in [0.25, 0.3) is 22.7 Å². The summed E-state index contributed by atoms with van der Waals surface area (Å²) in [6.07, 6.45) is 3.67. The zero-order valence-electron chi connectivity index (χ0n) is 12.9. The van der Waals surface area contributed by atoms with E-state index in [9.17, 15) is 5.26 Å². The molecular weight excluding hydrogens is 357 g/mol. The van der Waals surface area contributed by atoms with Crippen molar-refractivity contribution in [1.82, 2.24) is 9.97 Å². The first kappa shape index (κ1) is 15.8. The summed E-state index contributed by atoms with van der Waals surface area (Å²) in [5, 5.41) is 10.5. The number of hydrogen-bond donors (Lipinski definition) is 1. The summed E-state index contributed by atoms with van der Waals surface area (Å²) in [5.41, 5.74) is 3.76. The monoisotopic (exact) mass is 367 g/mol. The maximum absolute atomic E-state index is 9.53. The number of benzene rings is 2. The van der Waals surface area contributed by atoms with Gasteiger partial charge >= 0.3 is 0 Å². The van der Waals surface area contributed by atoms with Crippen LogP contribution in [-0.2, 0) is 0 Å². The molecule has 0 amide bonds. The summed E-state index contributed by atoms with van der Waals surface area (Å²) in [6, 6.07) is 13.3. The van der Waals surface area contributed by atoms with Crippen LogP contribution in [0.2, 0.25) is 10.0 Å². The first-order valence-corrected chi connectivity index (χ1v) is 8.29. The highest BCUT2D eigenvalue weighted by molar-refractivity contribution is 6.36. The Labute approximate surface area is 154 Å². The van der Waals surface area contributed by atoms with Gasteiger partial charge in [-0.25, -0.2) is 4.98 Å². The smallest absolute Gasteiger partial charge is 0.149 e. The fraction of sp³-hybridized carbons (Fsp3) is 0.0526. The Morgan fingerprint density at radius 2 is 2.12 bits per heavy atom. The van der Waals surface area contributed by atoms with E-state index in [1.807, 2.05) is 30.3 Å². The van der Waals surface area contributed by atoms with Crippen molar-refractivity contribution in [3.05, 3.63) is 69.5 Å². The number of fused-ring (bicyclic) bond motifs is 2. The molecule has 1 aromatic heterocycles. The summed E-state index contributed by atoms with van der Waals surface area (Å²) in [6.45, 7) is 0.319. The van der Waals surface area contributed by atoms with Crippen LogP contribution in [0.15, 0.2) is 48.0 Å². The number of nitrogens with one attached hydrogen (secondary N) is 1. The van der Waals surface area contributed by atoms with Gasteiger partial charge in [0.15, 0.2) is 0 Å². The minimum absolute atomic E-state index is 0.319. The van der Waals surface area contributed by atoms with Crippen LogP contribution < -0.4 is 4.74 Å². The number of allylic oxidation sites excluding steroid dienone is 1. The molecule has 4 rings (SSSR count). The van der Waals surface area contributed by atoms with Crippen LogP contribution in [0, 0.1) is 11.3 Å². The van der Waals surface area contributed by atoms with Gasteiger partial charge in [0.1, 0.15) is 24.3 Å². The summed E-state index contributed by atoms with van der Waals surface area (Å²) in [4.78, 5) is 7.63. The lowest BCUT2D eigenvalue weighted by atomic mass is 10.1. The predicted octanol–water partition coefficient (Wildman–Crippen LogP) is 5.25. The molecule has 2 heterocycles. The Hall–Kier alpha value is -2.74. The minimum Gasteiger partial charge on any atom is -0.487 e. The van der Waals surface area contributed by atoms with Crippen molar-refractivity contribution < 1.29 is 4.74 Å². The van der Waals surface area contributed by atoms with Crippen LogP contribution in [0.5, 0.6) is 5.75 Å². The van der Waals surface area contributed by atoms with E-state index in [0.717, 1.165) is 22.2 Å². The van der Waals surface area contributed by atoms with E-state index in [-0.39, 0.29) is 0 Å². The average molecular weight is 368 g/mol. The Morgan fingerprint density at radius 1 is 1.28 bits per heavy atom. The second kappa shape index (κ2) is 6.29. The Balaban J connectivity index is 1.75. The molecule has 0 fully saturated rings. The fourth-order valence-corrected chi connectivity index (χ4v) is 3.30. The van der Waals surface area contributed by atoms with Crippen molar-refractivity contribution in [1.29, 1.82) is 5.26 Å². The van der Waals surface area contributed by atoms with Gasteiger partial charge in [-0.2, -0.15) is 5.26 Å². The number of halogens is 2. The second-order valence-corrected chi connectivity index (χ2v) is 6.43. The van der Waals surface area contributed by atoms with Gasteiger partial charge in [0.2, 0.25) is 0 Å². The van der Waals surface area contributed by atoms with Gasteiger partial charge in [-0.3, -0.25) is 0 Å². The molecule has 1 aliphatic rings. The van der Waals surface area contributed by atoms with Crippen LogP contribution in [0.4, 0.5) is 0 Å². The number of aromatic nitrogens is 2. The molecule has 1 aliphatic heterocycles. The van der Waals surface area contributed by atoms with Crippen molar-refractivity contribution in [2.45, 2.75) is 0 Å². The molecule has 0 atom stereocenters. The van der Waals surface area contributed by atoms with Crippen molar-refractivity contribution in [2.24, 2.45) is 0 Å². The number of rotatable bonds is 2. The maximum Gasteiger partial charge on any atom is 0.149 e. The van der Waals surface area contributed by atoms with E-state index < -0.39 is 0 Å². The Bertz CT molecular complexity index is 1060. The molecule has 0 spiro atoms. The van der Waals surface area contributed by atoms with Crippen LogP contribution in [0.3, 0.4) is 0 Å². The lowest BCUT2D eigenvalue weighted by Gasteiger charge is -2.17. The highest BCUT2D eigenvalue weighted by Crippen LogP contribution is 2.37. The number of hydrogen-bond acceptors (Lipinski definition) is 3. The fourth-order valence-electron chi connectivity index (χ4n) is 2.74. The van der Waals surface area contributed by atoms with E-state index in [1.54, 1.807) is 18.2 Å². The summed E-state index contributed by atoms with van der Waals surface area (Å²) >= 11 is 12.2. The third-order valence-corrected chi connectivity index (χ3v) is 4.35. The summed E-state index contributed by atoms with van der Waals surface area (Å²) in [7, 11) is 0. The summed E-state index contributed by atoms with van der Waals surface area (Å²) in [5.74, 6) is 1.13. The third kappa shape index (κ3) is 3.00. The molecule has 3 aromatic rings. The molecule has 0 unspecified atom stereocenters. The lowest BCUT2D eigenvalue weighted by Crippen LogP contribution is -2.07. The van der Waals surface area contributed by atoms with E-state index in [1.165, 1.54) is 0 Å². The number of nitrogens with zero attached hydrogens (tertiary/aromatic N) is 2. The number of ether oxygens (including phenoxy) is 1. The van der Waals surface area contributed by atoms with Gasteiger partial charge in [-0.1, -0.05) is 35.3 Å². The molecule has 0 radical (unpaired) electrons. The first-order chi connectivity index (χ1) is 12.1. The van der Waals surface area contributed by atoms with Crippen LogP contribution >= 0.6 is 23.2 Å². The van der Waals surface area contributed by atoms with Gasteiger partial charge in [-0.15, -0.1) is 0 Å². The molecule has 122 valence electrons. The molecule has 0 bridgehead atoms. The van der Waals surface area contributed by atoms with Crippen molar-refractivity contribution in [3.63, 3.8) is 0 Å². The quantitative estimate of drug-likeness (QED) is 0.628. The summed E-state index contributed by atoms with van der Waals surface area (Å²) < 4.78 is 5.72. The molecule has 0 saturated heterocycles. The standard InChI is InChI=1S/C19H11Cl2N3O/c20-14-7-12-5-11(10-25-18(12)15(21)8-14)6-13(9-22)19-23-16-3-1-2-4-17(16)24-19/h1-8H,10H2,(H,23,24)/b13-6-. The van der Waals surface area contributed by atoms with Gasteiger partial charge in [-0.05, 0) is 42.0 Å². The maximum atomic E-state index is 9.53. The molecule has 2 aromatic carbocycles. The van der Waals surface area contributed by atoms with E-state index in [4.69, 9.17) is 27.9 Å². The third-order valence-electron chi connectivity index (χ3n) is 3.86. The normalized spacial score (nSPS) is 13.8. The molecule has 25 heavy (non-hydrogen) atoms. The molecule has 0 aliphatic carbocycles. The number of para-hydroxylation sites is 2. The van der Waals surface area contributed by atoms with Gasteiger partial charge < -0.3 is 9.72 Å². The number of H-pyrrole nitrogens is 1. The molecule has 4 nitrogen and oxygen atoms in total. The van der Waals surface area contributed by atoms with Crippen LogP contribution in [-0.4, -0.2) is 16.6 Å². The highest BCUT2D eigenvalue weighted by atomic mass is 35.5. The topological polar surface area (TPSA) is 61.7 Å². The lowest BCUT2D eigenvalue weighted by molar-refractivity contribution is 0.351. The van der Waals surface area contributed by atoms with Gasteiger partial charge in [0, 0.05) is 10.6 Å². The van der Waals surface area contributed by atoms with E-state index >= 15 is 0 Å². The molecule has 6 heteroatoms. The van der Waals surface area contributed by atoms with Crippen molar-refractivity contribution >= 4 is 45.9 Å². The molecule has 1 N–H and O–H groups in total. The Kier molecular flexibility index (Phi) is 3.96. The van der Waals surface area contributed by atoms with Gasteiger partial charge in [0.05, 0.1) is 21.6 Å². The zero-order valence-corrected chi connectivity index (χ0v) is 14.4. The zero-order chi connectivity index (χ0) is 17.4. The van der Waals surface area contributed by atoms with E-state index in [0.29, 0.717) is 33.8 Å². The van der Waals surface area contributed by atoms with Crippen LogP contribution in [0.1, 0.15) is 11.4 Å². The van der Waals surface area contributed by atoms with E-state index in [2.05, 4.69) is 16.0 Å². The van der Waals surface area contributed by atoms with Gasteiger partial charge in [0.25, 0.3) is 0 Å². The molecular formula is C19H11Cl2N3O. The second-order valence-electron chi connectivity index (χ2n) is 5.59. The number of aromatic amines is 1. The largest absolute Gasteiger partial charge is 0.487 e. The molecule has 0 saturated carbocycles. The van der Waals surface area contributed by atoms with Crippen molar-refractivity contribution in [2.75, 3.05) is 6.61 Å². The average Bonchev–Trinajstić information content (AvgIpc) is 3.03. The SMILES string of the molecule is N#C/C(=C/C1=Cc2cc(Cl)cc(Cl)c2OC1)c1nc2ccccc2[nH]1. The predicted molar refractivity (Wildman–Crippen MR) is 99.6 cm³/mol. The highest BCUT2D eigenvalue weighted by Gasteiger charge is 2.16. The number of nitriles is 1. The number of imidazole rings is 1. The minimum atomic E-state index is 0.319.